The summed E-state index contributed by atoms with van der Waals surface area (Å²) in [5, 5.41) is 3.21. The lowest BCUT2D eigenvalue weighted by molar-refractivity contribution is 0.483. The third kappa shape index (κ3) is 2.10. The summed E-state index contributed by atoms with van der Waals surface area (Å²) in [7, 11) is -3.00. The molecule has 1 saturated heterocycles. The Morgan fingerprint density at radius 1 is 1.36 bits per heavy atom. The van der Waals surface area contributed by atoms with Gasteiger partial charge in [-0.2, -0.15) is 0 Å². The third-order valence-electron chi connectivity index (χ3n) is 3.07. The first kappa shape index (κ1) is 10.4. The number of nitrogens with one attached hydrogen (secondary N) is 2. The molecule has 0 unspecified atom stereocenters. The first-order chi connectivity index (χ1) is 6.63. The van der Waals surface area contributed by atoms with Crippen LogP contribution in [0.4, 0.5) is 0 Å². The van der Waals surface area contributed by atoms with Crippen LogP contribution in [0, 0.1) is 0 Å². The van der Waals surface area contributed by atoms with Crippen molar-refractivity contribution in [2.45, 2.75) is 49.9 Å². The summed E-state index contributed by atoms with van der Waals surface area (Å²) in [6.07, 6.45) is 3.58. The van der Waals surface area contributed by atoms with Crippen LogP contribution >= 0.6 is 0 Å². The molecule has 0 aromatic heterocycles. The van der Waals surface area contributed by atoms with E-state index >= 15 is 0 Å². The first-order valence-corrected chi connectivity index (χ1v) is 6.92. The van der Waals surface area contributed by atoms with Gasteiger partial charge in [0.15, 0.2) is 0 Å². The molecule has 5 heteroatoms. The van der Waals surface area contributed by atoms with Gasteiger partial charge in [-0.05, 0) is 32.2 Å². The highest BCUT2D eigenvalue weighted by Crippen LogP contribution is 2.28. The van der Waals surface area contributed by atoms with E-state index in [4.69, 9.17) is 0 Å². The van der Waals surface area contributed by atoms with Crippen LogP contribution < -0.4 is 10.0 Å². The summed E-state index contributed by atoms with van der Waals surface area (Å²) >= 11 is 0. The van der Waals surface area contributed by atoms with E-state index in [1.165, 1.54) is 0 Å². The Balaban J connectivity index is 1.96. The zero-order valence-electron chi connectivity index (χ0n) is 8.49. The van der Waals surface area contributed by atoms with Crippen LogP contribution in [-0.2, 0) is 10.0 Å². The molecule has 2 aliphatic rings. The average molecular weight is 218 g/mol. The van der Waals surface area contributed by atoms with Crippen LogP contribution in [0.3, 0.4) is 0 Å². The zero-order valence-corrected chi connectivity index (χ0v) is 9.31. The molecule has 1 aliphatic carbocycles. The van der Waals surface area contributed by atoms with Crippen molar-refractivity contribution in [3.05, 3.63) is 0 Å². The summed E-state index contributed by atoms with van der Waals surface area (Å²) in [5.74, 6) is 0. The van der Waals surface area contributed by atoms with Gasteiger partial charge in [0.25, 0.3) is 0 Å². The van der Waals surface area contributed by atoms with Gasteiger partial charge in [0.2, 0.25) is 10.0 Å². The molecular formula is C9H18N2O2S. The summed E-state index contributed by atoms with van der Waals surface area (Å²) in [6, 6.07) is 0.439. The fourth-order valence-electron chi connectivity index (χ4n) is 2.02. The Hall–Kier alpha value is -0.130. The average Bonchev–Trinajstić information content (AvgIpc) is 2.89. The lowest BCUT2D eigenvalue weighted by atomic mass is 10.1. The molecule has 0 radical (unpaired) electrons. The summed E-state index contributed by atoms with van der Waals surface area (Å²) in [6.45, 7) is 3.01. The predicted octanol–water partition coefficient (Wildman–Crippen LogP) is 0.209. The van der Waals surface area contributed by atoms with Crippen LogP contribution in [-0.4, -0.2) is 32.3 Å². The second-order valence-electron chi connectivity index (χ2n) is 4.23. The molecule has 0 bridgehead atoms. The van der Waals surface area contributed by atoms with Gasteiger partial charge < -0.3 is 5.32 Å². The van der Waals surface area contributed by atoms with Gasteiger partial charge >= 0.3 is 0 Å². The Labute approximate surface area is 85.5 Å². The standard InChI is InChI=1S/C9H18N2O2S/c1-2-8-9(5-6-10-8)11-14(12,13)7-3-4-7/h7-11H,2-6H2,1H3/t8-,9+/m0/s1. The Kier molecular flexibility index (Phi) is 2.81. The zero-order chi connectivity index (χ0) is 10.2. The first-order valence-electron chi connectivity index (χ1n) is 5.38. The molecule has 0 aromatic rings. The topological polar surface area (TPSA) is 58.2 Å². The number of rotatable bonds is 4. The Morgan fingerprint density at radius 3 is 2.64 bits per heavy atom. The van der Waals surface area contributed by atoms with Crippen molar-refractivity contribution >= 4 is 10.0 Å². The van der Waals surface area contributed by atoms with E-state index in [0.717, 1.165) is 32.2 Å². The van der Waals surface area contributed by atoms with Gasteiger partial charge in [-0.3, -0.25) is 0 Å². The second-order valence-corrected chi connectivity index (χ2v) is 6.22. The molecule has 0 spiro atoms. The number of hydrogen-bond acceptors (Lipinski definition) is 3. The molecule has 0 aromatic carbocycles. The van der Waals surface area contributed by atoms with Gasteiger partial charge in [0.05, 0.1) is 5.25 Å². The second kappa shape index (κ2) is 3.79. The molecule has 2 atom stereocenters. The van der Waals surface area contributed by atoms with Crippen LogP contribution in [0.5, 0.6) is 0 Å². The quantitative estimate of drug-likeness (QED) is 0.709. The lowest BCUT2D eigenvalue weighted by Gasteiger charge is -2.19. The molecule has 0 amide bonds. The highest BCUT2D eigenvalue weighted by atomic mass is 32.2. The minimum atomic E-state index is -3.00. The van der Waals surface area contributed by atoms with E-state index in [1.54, 1.807) is 0 Å². The summed E-state index contributed by atoms with van der Waals surface area (Å²) in [5.41, 5.74) is 0. The molecule has 1 aliphatic heterocycles. The smallest absolute Gasteiger partial charge is 0.214 e. The van der Waals surface area contributed by atoms with Crippen LogP contribution in [0.1, 0.15) is 32.6 Å². The van der Waals surface area contributed by atoms with Crippen molar-refractivity contribution in [2.24, 2.45) is 0 Å². The van der Waals surface area contributed by atoms with E-state index in [9.17, 15) is 8.42 Å². The minimum absolute atomic E-state index is 0.0967. The van der Waals surface area contributed by atoms with Crippen LogP contribution in [0.25, 0.3) is 0 Å². The summed E-state index contributed by atoms with van der Waals surface area (Å²) in [4.78, 5) is 0. The van der Waals surface area contributed by atoms with Crippen molar-refractivity contribution in [1.82, 2.24) is 10.0 Å². The van der Waals surface area contributed by atoms with Crippen LogP contribution in [0.15, 0.2) is 0 Å². The normalized spacial score (nSPS) is 33.5. The van der Waals surface area contributed by atoms with Crippen LogP contribution in [0.2, 0.25) is 0 Å². The lowest BCUT2D eigenvalue weighted by Crippen LogP contribution is -2.44. The monoisotopic (exact) mass is 218 g/mol. The minimum Gasteiger partial charge on any atom is -0.312 e. The molecule has 2 rings (SSSR count). The molecular weight excluding hydrogens is 200 g/mol. The maximum atomic E-state index is 11.7. The van der Waals surface area contributed by atoms with Gasteiger partial charge in [0.1, 0.15) is 0 Å². The molecule has 4 nitrogen and oxygen atoms in total. The van der Waals surface area contributed by atoms with E-state index < -0.39 is 10.0 Å². The van der Waals surface area contributed by atoms with Crippen molar-refractivity contribution in [3.8, 4) is 0 Å². The Bertz CT molecular complexity index is 298. The van der Waals surface area contributed by atoms with Crippen molar-refractivity contribution < 1.29 is 8.42 Å². The SMILES string of the molecule is CC[C@@H]1NCC[C@H]1NS(=O)(=O)C1CC1. The fraction of sp³-hybridized carbons (Fsp3) is 1.00. The largest absolute Gasteiger partial charge is 0.312 e. The van der Waals surface area contributed by atoms with Crippen molar-refractivity contribution in [2.75, 3.05) is 6.54 Å². The highest BCUT2D eigenvalue weighted by Gasteiger charge is 2.39. The third-order valence-corrected chi connectivity index (χ3v) is 5.05. The van der Waals surface area contributed by atoms with E-state index in [0.29, 0.717) is 6.04 Å². The maximum Gasteiger partial charge on any atom is 0.214 e. The fourth-order valence-corrected chi connectivity index (χ4v) is 3.68. The summed E-state index contributed by atoms with van der Waals surface area (Å²) < 4.78 is 26.2. The molecule has 1 saturated carbocycles. The number of sulfonamides is 1. The Morgan fingerprint density at radius 2 is 2.07 bits per heavy atom. The van der Waals surface area contributed by atoms with E-state index in [-0.39, 0.29) is 11.3 Å². The van der Waals surface area contributed by atoms with E-state index in [2.05, 4.69) is 17.0 Å². The maximum absolute atomic E-state index is 11.7. The molecule has 2 fully saturated rings. The van der Waals surface area contributed by atoms with Gasteiger partial charge in [0, 0.05) is 12.1 Å². The van der Waals surface area contributed by atoms with E-state index in [1.807, 2.05) is 0 Å². The van der Waals surface area contributed by atoms with Gasteiger partial charge in [-0.15, -0.1) is 0 Å². The predicted molar refractivity (Wildman–Crippen MR) is 55.6 cm³/mol. The molecule has 2 N–H and O–H groups in total. The van der Waals surface area contributed by atoms with Crippen molar-refractivity contribution in [3.63, 3.8) is 0 Å². The van der Waals surface area contributed by atoms with Crippen molar-refractivity contribution in [1.29, 1.82) is 0 Å². The molecule has 14 heavy (non-hydrogen) atoms. The molecule has 82 valence electrons. The molecule has 1 heterocycles. The number of hydrogen-bond donors (Lipinski definition) is 2. The van der Waals surface area contributed by atoms with Gasteiger partial charge in [-0.25, -0.2) is 13.1 Å². The van der Waals surface area contributed by atoms with Gasteiger partial charge in [-0.1, -0.05) is 6.92 Å². The highest BCUT2D eigenvalue weighted by molar-refractivity contribution is 7.90.